The maximum atomic E-state index is 5.80. The van der Waals surface area contributed by atoms with Gasteiger partial charge in [-0.25, -0.2) is 0 Å². The van der Waals surface area contributed by atoms with Gasteiger partial charge in [-0.1, -0.05) is 39.9 Å². The summed E-state index contributed by atoms with van der Waals surface area (Å²) in [7, 11) is 0. The average Bonchev–Trinajstić information content (AvgIpc) is 2.28. The van der Waals surface area contributed by atoms with Crippen LogP contribution in [-0.2, 0) is 0 Å². The molecule has 0 aliphatic rings. The Kier molecular flexibility index (Phi) is 4.85. The molecule has 3 N–H and O–H groups in total. The fourth-order valence-electron chi connectivity index (χ4n) is 1.59. The highest BCUT2D eigenvalue weighted by Gasteiger charge is 2.21. The van der Waals surface area contributed by atoms with Crippen LogP contribution in [0, 0.1) is 25.2 Å². The summed E-state index contributed by atoms with van der Waals surface area (Å²) >= 11 is 5.12. The maximum absolute atomic E-state index is 5.80. The number of nitrogens with one attached hydrogen (secondary N) is 1. The van der Waals surface area contributed by atoms with Gasteiger partial charge in [0.2, 0.25) is 0 Å². The van der Waals surface area contributed by atoms with E-state index >= 15 is 0 Å². The van der Waals surface area contributed by atoms with Crippen LogP contribution in [0.25, 0.3) is 0 Å². The number of rotatable bonds is 4. The van der Waals surface area contributed by atoms with E-state index in [0.717, 1.165) is 23.4 Å². The second-order valence-corrected chi connectivity index (χ2v) is 6.59. The number of hydrogen-bond acceptors (Lipinski definition) is 4. The molecule has 4 nitrogen and oxygen atoms in total. The van der Waals surface area contributed by atoms with Gasteiger partial charge in [-0.15, -0.1) is 5.10 Å². The fourth-order valence-corrected chi connectivity index (χ4v) is 1.84. The molecule has 0 amide bonds. The molecule has 0 saturated heterocycles. The van der Waals surface area contributed by atoms with Crippen molar-refractivity contribution in [1.82, 2.24) is 10.2 Å². The molecule has 1 aromatic rings. The third-order valence-corrected chi connectivity index (χ3v) is 3.96. The summed E-state index contributed by atoms with van der Waals surface area (Å²) in [6.45, 7) is 13.6. The largest absolute Gasteiger partial charge is 0.389 e. The van der Waals surface area contributed by atoms with E-state index in [1.165, 1.54) is 0 Å². The van der Waals surface area contributed by atoms with Gasteiger partial charge >= 0.3 is 0 Å². The molecule has 1 rings (SSSR count). The van der Waals surface area contributed by atoms with Crippen molar-refractivity contribution in [2.45, 2.75) is 41.5 Å². The van der Waals surface area contributed by atoms with Crippen LogP contribution in [0.2, 0.25) is 0 Å². The Bertz CT molecular complexity index is 477. The summed E-state index contributed by atoms with van der Waals surface area (Å²) in [6, 6.07) is 0. The SMILES string of the molecule is Cc1nnc(NCC(C)C(C)(C)C)c(C(N)=S)c1C. The molecule has 0 aromatic carbocycles. The molecule has 106 valence electrons. The van der Waals surface area contributed by atoms with Crippen molar-refractivity contribution in [2.75, 3.05) is 11.9 Å². The highest BCUT2D eigenvalue weighted by Crippen LogP contribution is 2.26. The Hall–Kier alpha value is -1.23. The molecular formula is C14H24N4S. The summed E-state index contributed by atoms with van der Waals surface area (Å²) in [5.41, 5.74) is 8.70. The Labute approximate surface area is 121 Å². The zero-order chi connectivity index (χ0) is 14.8. The first-order valence-corrected chi connectivity index (χ1v) is 6.93. The lowest BCUT2D eigenvalue weighted by atomic mass is 9.82. The van der Waals surface area contributed by atoms with E-state index in [1.54, 1.807) is 0 Å². The first-order valence-electron chi connectivity index (χ1n) is 6.52. The van der Waals surface area contributed by atoms with Crippen molar-refractivity contribution in [1.29, 1.82) is 0 Å². The van der Waals surface area contributed by atoms with Crippen LogP contribution in [0.15, 0.2) is 0 Å². The molecule has 0 fully saturated rings. The van der Waals surface area contributed by atoms with E-state index in [4.69, 9.17) is 18.0 Å². The Balaban J connectivity index is 2.97. The molecule has 0 saturated carbocycles. The molecule has 1 unspecified atom stereocenters. The van der Waals surface area contributed by atoms with Crippen molar-refractivity contribution in [3.63, 3.8) is 0 Å². The van der Waals surface area contributed by atoms with E-state index in [0.29, 0.717) is 16.7 Å². The van der Waals surface area contributed by atoms with Gasteiger partial charge in [0, 0.05) is 6.54 Å². The predicted octanol–water partition coefficient (Wildman–Crippen LogP) is 2.82. The quantitative estimate of drug-likeness (QED) is 0.830. The van der Waals surface area contributed by atoms with Crippen molar-refractivity contribution in [3.8, 4) is 0 Å². The fraction of sp³-hybridized carbons (Fsp3) is 0.643. The lowest BCUT2D eigenvalue weighted by Gasteiger charge is -2.27. The van der Waals surface area contributed by atoms with Crippen molar-refractivity contribution < 1.29 is 0 Å². The van der Waals surface area contributed by atoms with E-state index in [9.17, 15) is 0 Å². The minimum atomic E-state index is 0.240. The number of aryl methyl sites for hydroxylation is 1. The third-order valence-electron chi connectivity index (χ3n) is 3.75. The number of nitrogens with two attached hydrogens (primary N) is 1. The van der Waals surface area contributed by atoms with E-state index in [-0.39, 0.29) is 5.41 Å². The summed E-state index contributed by atoms with van der Waals surface area (Å²) in [6.07, 6.45) is 0. The van der Waals surface area contributed by atoms with Gasteiger partial charge in [0.15, 0.2) is 5.82 Å². The maximum Gasteiger partial charge on any atom is 0.159 e. The van der Waals surface area contributed by atoms with Gasteiger partial charge in [-0.05, 0) is 30.7 Å². The van der Waals surface area contributed by atoms with Gasteiger partial charge < -0.3 is 11.1 Å². The monoisotopic (exact) mass is 280 g/mol. The second kappa shape index (κ2) is 5.82. The summed E-state index contributed by atoms with van der Waals surface area (Å²) in [5, 5.41) is 11.6. The smallest absolute Gasteiger partial charge is 0.159 e. The number of nitrogens with zero attached hydrogens (tertiary/aromatic N) is 2. The van der Waals surface area contributed by atoms with Crippen molar-refractivity contribution >= 4 is 23.0 Å². The molecule has 0 spiro atoms. The normalized spacial score (nSPS) is 13.2. The van der Waals surface area contributed by atoms with Gasteiger partial charge in [0.05, 0.1) is 11.3 Å². The summed E-state index contributed by atoms with van der Waals surface area (Å²) in [5.74, 6) is 1.18. The van der Waals surface area contributed by atoms with Gasteiger partial charge in [-0.3, -0.25) is 0 Å². The van der Waals surface area contributed by atoms with Gasteiger partial charge in [0.1, 0.15) is 4.99 Å². The van der Waals surface area contributed by atoms with Crippen LogP contribution in [0.1, 0.15) is 44.5 Å². The molecule has 1 atom stereocenters. The molecule has 0 radical (unpaired) electrons. The first kappa shape index (κ1) is 15.8. The van der Waals surface area contributed by atoms with Crippen LogP contribution < -0.4 is 11.1 Å². The van der Waals surface area contributed by atoms with E-state index < -0.39 is 0 Å². The lowest BCUT2D eigenvalue weighted by molar-refractivity contribution is 0.274. The number of thiocarbonyl (C=S) groups is 1. The molecule has 1 heterocycles. The topological polar surface area (TPSA) is 63.8 Å². The van der Waals surface area contributed by atoms with Crippen LogP contribution in [0.4, 0.5) is 5.82 Å². The van der Waals surface area contributed by atoms with Crippen LogP contribution >= 0.6 is 12.2 Å². The number of hydrogen-bond donors (Lipinski definition) is 2. The molecular weight excluding hydrogens is 256 g/mol. The third kappa shape index (κ3) is 3.86. The molecule has 0 bridgehead atoms. The molecule has 19 heavy (non-hydrogen) atoms. The zero-order valence-corrected chi connectivity index (χ0v) is 13.5. The number of anilines is 1. The Morgan fingerprint density at radius 1 is 1.32 bits per heavy atom. The summed E-state index contributed by atoms with van der Waals surface area (Å²) < 4.78 is 0. The highest BCUT2D eigenvalue weighted by molar-refractivity contribution is 7.80. The highest BCUT2D eigenvalue weighted by atomic mass is 32.1. The van der Waals surface area contributed by atoms with Crippen molar-refractivity contribution in [3.05, 3.63) is 16.8 Å². The second-order valence-electron chi connectivity index (χ2n) is 6.15. The van der Waals surface area contributed by atoms with Crippen LogP contribution in [0.5, 0.6) is 0 Å². The van der Waals surface area contributed by atoms with E-state index in [2.05, 4.69) is 43.2 Å². The minimum absolute atomic E-state index is 0.240. The van der Waals surface area contributed by atoms with Gasteiger partial charge in [-0.2, -0.15) is 5.10 Å². The van der Waals surface area contributed by atoms with Crippen LogP contribution in [-0.4, -0.2) is 21.7 Å². The zero-order valence-electron chi connectivity index (χ0n) is 12.7. The standard InChI is InChI=1S/C14H24N4S/c1-8(14(4,5)6)7-16-13-11(12(15)19)9(2)10(3)17-18-13/h8H,7H2,1-6H3,(H2,15,19)(H,16,18). The lowest BCUT2D eigenvalue weighted by Crippen LogP contribution is -2.26. The summed E-state index contributed by atoms with van der Waals surface area (Å²) in [4.78, 5) is 0.362. The minimum Gasteiger partial charge on any atom is -0.389 e. The van der Waals surface area contributed by atoms with Crippen LogP contribution in [0.3, 0.4) is 0 Å². The van der Waals surface area contributed by atoms with Gasteiger partial charge in [0.25, 0.3) is 0 Å². The Morgan fingerprint density at radius 3 is 2.37 bits per heavy atom. The predicted molar refractivity (Wildman–Crippen MR) is 84.5 cm³/mol. The molecule has 0 aliphatic heterocycles. The number of aromatic nitrogens is 2. The Morgan fingerprint density at radius 2 is 1.89 bits per heavy atom. The molecule has 0 aliphatic carbocycles. The molecule has 5 heteroatoms. The van der Waals surface area contributed by atoms with Crippen molar-refractivity contribution in [2.24, 2.45) is 17.1 Å². The average molecular weight is 280 g/mol. The van der Waals surface area contributed by atoms with E-state index in [1.807, 2.05) is 13.8 Å². The first-order chi connectivity index (χ1) is 8.64. The molecule has 1 aromatic heterocycles.